The van der Waals surface area contributed by atoms with E-state index in [0.717, 1.165) is 12.8 Å². The van der Waals surface area contributed by atoms with Gasteiger partial charge in [0.25, 0.3) is 11.8 Å². The Balaban J connectivity index is 1.24. The maximum Gasteiger partial charge on any atom is 0.410 e. The maximum atomic E-state index is 14.8. The van der Waals surface area contributed by atoms with Gasteiger partial charge in [-0.3, -0.25) is 14.7 Å². The van der Waals surface area contributed by atoms with Crippen LogP contribution in [0.3, 0.4) is 0 Å². The topological polar surface area (TPSA) is 133 Å². The van der Waals surface area contributed by atoms with Crippen LogP contribution in [0, 0.1) is 5.82 Å². The molecule has 5 rings (SSSR count). The number of nitrogens with zero attached hydrogens (tertiary/aromatic N) is 5. The number of benzene rings is 1. The number of H-pyrrole nitrogens is 1. The number of anilines is 1. The molecule has 0 atom stereocenters. The summed E-state index contributed by atoms with van der Waals surface area (Å²) in [6.07, 6.45) is 7.26. The standard InChI is InChI=1S/C28H32FN7O4/c1-28(2,3)40-27(39)35-12-9-20(10-13-35)36(19-5-6-19)26(38)18-15-30-24(31-16-18)17-4-7-21(22(29)14-17)25(37)33-23-8-11-32-34-23/h4,7-8,11,14-16,19-20H,5-6,9-10,12-13H2,1-3H3,(H2,32,33,34,37). The van der Waals surface area contributed by atoms with Gasteiger partial charge in [0.05, 0.1) is 17.3 Å². The lowest BCUT2D eigenvalue weighted by Gasteiger charge is -2.39. The first-order chi connectivity index (χ1) is 19.1. The van der Waals surface area contributed by atoms with Gasteiger partial charge < -0.3 is 19.9 Å². The van der Waals surface area contributed by atoms with E-state index in [1.807, 2.05) is 25.7 Å². The molecule has 1 aromatic carbocycles. The predicted octanol–water partition coefficient (Wildman–Crippen LogP) is 4.26. The van der Waals surface area contributed by atoms with E-state index in [1.165, 1.54) is 30.7 Å². The van der Waals surface area contributed by atoms with E-state index < -0.39 is 17.3 Å². The Bertz CT molecular complexity index is 1380. The number of nitrogens with one attached hydrogen (secondary N) is 2. The number of rotatable bonds is 6. The van der Waals surface area contributed by atoms with Crippen LogP contribution >= 0.6 is 0 Å². The normalized spacial score (nSPS) is 15.9. The van der Waals surface area contributed by atoms with Crippen LogP contribution in [0.2, 0.25) is 0 Å². The quantitative estimate of drug-likeness (QED) is 0.469. The van der Waals surface area contributed by atoms with Crippen LogP contribution in [0.25, 0.3) is 11.4 Å². The fourth-order valence-corrected chi connectivity index (χ4v) is 4.73. The zero-order valence-electron chi connectivity index (χ0n) is 22.7. The van der Waals surface area contributed by atoms with Crippen molar-refractivity contribution in [3.63, 3.8) is 0 Å². The lowest BCUT2D eigenvalue weighted by Crippen LogP contribution is -2.50. The second-order valence-electron chi connectivity index (χ2n) is 11.1. The molecule has 2 aromatic heterocycles. The monoisotopic (exact) mass is 549 g/mol. The van der Waals surface area contributed by atoms with Crippen molar-refractivity contribution in [1.82, 2.24) is 30.0 Å². The smallest absolute Gasteiger partial charge is 0.410 e. The number of carbonyl (C=O) groups excluding carboxylic acids is 3. The van der Waals surface area contributed by atoms with E-state index in [4.69, 9.17) is 4.74 Å². The molecule has 1 aliphatic carbocycles. The van der Waals surface area contributed by atoms with E-state index >= 15 is 0 Å². The third-order valence-corrected chi connectivity index (χ3v) is 6.80. The molecule has 0 spiro atoms. The molecule has 1 saturated carbocycles. The Labute approximate surface area is 231 Å². The first-order valence-electron chi connectivity index (χ1n) is 13.3. The summed E-state index contributed by atoms with van der Waals surface area (Å²) >= 11 is 0. The maximum absolute atomic E-state index is 14.8. The number of ether oxygens (including phenoxy) is 1. The third-order valence-electron chi connectivity index (χ3n) is 6.80. The molecule has 3 amide bonds. The largest absolute Gasteiger partial charge is 0.444 e. The average Bonchev–Trinajstić information content (AvgIpc) is 3.62. The van der Waals surface area contributed by atoms with Gasteiger partial charge >= 0.3 is 6.09 Å². The number of hydrogen-bond acceptors (Lipinski definition) is 7. The van der Waals surface area contributed by atoms with Crippen molar-refractivity contribution in [3.05, 3.63) is 59.8 Å². The first-order valence-corrected chi connectivity index (χ1v) is 13.3. The van der Waals surface area contributed by atoms with Gasteiger partial charge in [-0.05, 0) is 58.6 Å². The summed E-state index contributed by atoms with van der Waals surface area (Å²) in [6, 6.07) is 5.83. The molecule has 0 bridgehead atoms. The molecule has 12 heteroatoms. The zero-order chi connectivity index (χ0) is 28.4. The van der Waals surface area contributed by atoms with Crippen LogP contribution in [-0.4, -0.2) is 78.6 Å². The van der Waals surface area contributed by atoms with Gasteiger partial charge in [-0.25, -0.2) is 19.2 Å². The molecule has 3 aromatic rings. The Hall–Kier alpha value is -4.35. The zero-order valence-corrected chi connectivity index (χ0v) is 22.7. The number of piperidine rings is 1. The molecule has 1 aliphatic heterocycles. The molecule has 1 saturated heterocycles. The summed E-state index contributed by atoms with van der Waals surface area (Å²) in [6.45, 7) is 6.56. The number of likely N-dealkylation sites (tertiary alicyclic amines) is 1. The lowest BCUT2D eigenvalue weighted by atomic mass is 10.0. The fraction of sp³-hybridized carbons (Fsp3) is 0.429. The Morgan fingerprint density at radius 1 is 1.05 bits per heavy atom. The minimum atomic E-state index is -0.726. The van der Waals surface area contributed by atoms with Gasteiger partial charge in [0, 0.05) is 49.2 Å². The van der Waals surface area contributed by atoms with Crippen molar-refractivity contribution in [3.8, 4) is 11.4 Å². The summed E-state index contributed by atoms with van der Waals surface area (Å²) in [5.74, 6) is -0.907. The van der Waals surface area contributed by atoms with Gasteiger partial charge in [0.15, 0.2) is 5.82 Å². The number of amides is 3. The molecule has 11 nitrogen and oxygen atoms in total. The molecule has 40 heavy (non-hydrogen) atoms. The highest BCUT2D eigenvalue weighted by atomic mass is 19.1. The Morgan fingerprint density at radius 2 is 1.73 bits per heavy atom. The molecule has 2 fully saturated rings. The molecular formula is C28H32FN7O4. The van der Waals surface area contributed by atoms with Gasteiger partial charge in [-0.1, -0.05) is 6.07 Å². The minimum Gasteiger partial charge on any atom is -0.444 e. The fourth-order valence-electron chi connectivity index (χ4n) is 4.73. The Kier molecular flexibility index (Phi) is 7.51. The van der Waals surface area contributed by atoms with Crippen molar-refractivity contribution in [2.75, 3.05) is 18.4 Å². The highest BCUT2D eigenvalue weighted by molar-refractivity contribution is 6.04. The third kappa shape index (κ3) is 6.27. The lowest BCUT2D eigenvalue weighted by molar-refractivity contribution is 0.0142. The van der Waals surface area contributed by atoms with Crippen molar-refractivity contribution >= 4 is 23.7 Å². The predicted molar refractivity (Wildman–Crippen MR) is 144 cm³/mol. The number of carbonyl (C=O) groups is 3. The molecule has 2 aliphatic rings. The second kappa shape index (κ2) is 11.0. The minimum absolute atomic E-state index is 0.00732. The van der Waals surface area contributed by atoms with Crippen molar-refractivity contribution < 1.29 is 23.5 Å². The van der Waals surface area contributed by atoms with E-state index in [0.29, 0.717) is 42.9 Å². The highest BCUT2D eigenvalue weighted by Crippen LogP contribution is 2.33. The van der Waals surface area contributed by atoms with Crippen LogP contribution in [0.1, 0.15) is 67.2 Å². The van der Waals surface area contributed by atoms with Gasteiger partial charge in [0.1, 0.15) is 17.2 Å². The van der Waals surface area contributed by atoms with Crippen molar-refractivity contribution in [2.45, 2.75) is 64.1 Å². The van der Waals surface area contributed by atoms with Crippen LogP contribution < -0.4 is 5.32 Å². The number of aromatic amines is 1. The molecule has 0 unspecified atom stereocenters. The highest BCUT2D eigenvalue weighted by Gasteiger charge is 2.40. The second-order valence-corrected chi connectivity index (χ2v) is 11.1. The summed E-state index contributed by atoms with van der Waals surface area (Å²) in [5, 5.41) is 8.86. The van der Waals surface area contributed by atoms with E-state index in [2.05, 4.69) is 25.5 Å². The van der Waals surface area contributed by atoms with Gasteiger partial charge in [-0.15, -0.1) is 0 Å². The van der Waals surface area contributed by atoms with Crippen LogP contribution in [0.5, 0.6) is 0 Å². The van der Waals surface area contributed by atoms with Gasteiger partial charge in [0.2, 0.25) is 0 Å². The van der Waals surface area contributed by atoms with Crippen LogP contribution in [0.15, 0.2) is 42.9 Å². The summed E-state index contributed by atoms with van der Waals surface area (Å²) < 4.78 is 20.2. The van der Waals surface area contributed by atoms with E-state index in [9.17, 15) is 18.8 Å². The van der Waals surface area contributed by atoms with Crippen molar-refractivity contribution in [2.24, 2.45) is 0 Å². The molecule has 210 valence electrons. The Morgan fingerprint density at radius 3 is 2.30 bits per heavy atom. The van der Waals surface area contributed by atoms with Crippen LogP contribution in [0.4, 0.5) is 15.0 Å². The molecule has 3 heterocycles. The summed E-state index contributed by atoms with van der Waals surface area (Å²) in [5.41, 5.74) is 0.0337. The molecular weight excluding hydrogens is 517 g/mol. The number of aromatic nitrogens is 4. The summed E-state index contributed by atoms with van der Waals surface area (Å²) in [7, 11) is 0. The van der Waals surface area contributed by atoms with E-state index in [-0.39, 0.29) is 35.5 Å². The van der Waals surface area contributed by atoms with Crippen molar-refractivity contribution in [1.29, 1.82) is 0 Å². The van der Waals surface area contributed by atoms with Crippen LogP contribution in [-0.2, 0) is 4.74 Å². The summed E-state index contributed by atoms with van der Waals surface area (Å²) in [4.78, 5) is 50.5. The van der Waals surface area contributed by atoms with E-state index in [1.54, 1.807) is 17.0 Å². The van der Waals surface area contributed by atoms with Gasteiger partial charge in [-0.2, -0.15) is 5.10 Å². The molecule has 2 N–H and O–H groups in total. The number of hydrogen-bond donors (Lipinski definition) is 2. The number of halogens is 1. The SMILES string of the molecule is CC(C)(C)OC(=O)N1CCC(N(C(=O)c2cnc(-c3ccc(C(=O)Nc4ccn[nH]4)c(F)c3)nc2)C2CC2)CC1. The molecule has 0 radical (unpaired) electrons. The average molecular weight is 550 g/mol. The first kappa shape index (κ1) is 27.2.